The van der Waals surface area contributed by atoms with E-state index in [-0.39, 0.29) is 17.7 Å². The van der Waals surface area contributed by atoms with Crippen LogP contribution < -0.4 is 11.1 Å². The highest BCUT2D eigenvalue weighted by atomic mass is 16.5. The lowest BCUT2D eigenvalue weighted by atomic mass is 10.2. The van der Waals surface area contributed by atoms with Gasteiger partial charge in [0.1, 0.15) is 0 Å². The van der Waals surface area contributed by atoms with E-state index in [4.69, 9.17) is 10.5 Å². The van der Waals surface area contributed by atoms with Gasteiger partial charge in [-0.25, -0.2) is 0 Å². The predicted molar refractivity (Wildman–Crippen MR) is 73.8 cm³/mol. The van der Waals surface area contributed by atoms with E-state index in [1.165, 1.54) is 0 Å². The van der Waals surface area contributed by atoms with Crippen LogP contribution in [0.5, 0.6) is 0 Å². The smallest absolute Gasteiger partial charge is 0.288 e. The molecule has 1 heterocycles. The third kappa shape index (κ3) is 4.36. The number of ether oxygens (including phenoxy) is 1. The molecule has 0 spiro atoms. The van der Waals surface area contributed by atoms with Gasteiger partial charge in [-0.3, -0.25) is 9.89 Å². The molecule has 0 saturated carbocycles. The number of amides is 1. The number of benzene rings is 1. The highest BCUT2D eigenvalue weighted by molar-refractivity contribution is 5.90. The highest BCUT2D eigenvalue weighted by Crippen LogP contribution is 2.00. The first-order valence-electron chi connectivity index (χ1n) is 6.33. The molecule has 0 aliphatic rings. The Balaban J connectivity index is 1.57. The second-order valence-electron chi connectivity index (χ2n) is 4.19. The Hall–Kier alpha value is -2.41. The number of hydrogen-bond acceptors (Lipinski definition) is 5. The van der Waals surface area contributed by atoms with Gasteiger partial charge in [-0.05, 0) is 12.0 Å². The average Bonchev–Trinajstić information content (AvgIpc) is 2.90. The maximum atomic E-state index is 11.6. The second kappa shape index (κ2) is 7.25. The van der Waals surface area contributed by atoms with Crippen LogP contribution in [-0.2, 0) is 11.3 Å². The minimum Gasteiger partial charge on any atom is -0.377 e. The standard InChI is InChI=1S/C13H17N5O2/c14-13-16-11(17-18-13)12(19)15-7-4-8-20-9-10-5-2-1-3-6-10/h1-3,5-6H,4,7-9H2,(H,15,19)(H3,14,16,17,18). The molecule has 0 radical (unpaired) electrons. The Morgan fingerprint density at radius 3 is 2.85 bits per heavy atom. The van der Waals surface area contributed by atoms with Crippen molar-refractivity contribution >= 4 is 11.9 Å². The number of aromatic amines is 1. The van der Waals surface area contributed by atoms with Gasteiger partial charge >= 0.3 is 0 Å². The normalized spacial score (nSPS) is 10.4. The topological polar surface area (TPSA) is 106 Å². The number of nitrogens with zero attached hydrogens (tertiary/aromatic N) is 2. The molecule has 1 aromatic carbocycles. The van der Waals surface area contributed by atoms with E-state index in [0.29, 0.717) is 19.8 Å². The molecule has 0 unspecified atom stereocenters. The molecule has 0 aliphatic carbocycles. The van der Waals surface area contributed by atoms with Gasteiger partial charge in [0.05, 0.1) is 6.61 Å². The number of nitrogens with one attached hydrogen (secondary N) is 2. The molecule has 7 heteroatoms. The summed E-state index contributed by atoms with van der Waals surface area (Å²) in [5.74, 6) is -0.147. The van der Waals surface area contributed by atoms with E-state index in [0.717, 1.165) is 12.0 Å². The molecule has 0 bridgehead atoms. The van der Waals surface area contributed by atoms with Crippen LogP contribution in [0.1, 0.15) is 22.6 Å². The summed E-state index contributed by atoms with van der Waals surface area (Å²) in [5.41, 5.74) is 6.45. The van der Waals surface area contributed by atoms with Gasteiger partial charge in [0.15, 0.2) is 0 Å². The van der Waals surface area contributed by atoms with E-state index < -0.39 is 0 Å². The second-order valence-corrected chi connectivity index (χ2v) is 4.19. The zero-order valence-electron chi connectivity index (χ0n) is 11.0. The van der Waals surface area contributed by atoms with Crippen LogP contribution in [0.2, 0.25) is 0 Å². The zero-order valence-corrected chi connectivity index (χ0v) is 11.0. The van der Waals surface area contributed by atoms with Gasteiger partial charge in [0.25, 0.3) is 5.91 Å². The van der Waals surface area contributed by atoms with Crippen molar-refractivity contribution in [1.29, 1.82) is 0 Å². The van der Waals surface area contributed by atoms with E-state index in [1.54, 1.807) is 0 Å². The van der Waals surface area contributed by atoms with Crippen molar-refractivity contribution in [2.24, 2.45) is 0 Å². The summed E-state index contributed by atoms with van der Waals surface area (Å²) in [4.78, 5) is 15.3. The van der Waals surface area contributed by atoms with Crippen molar-refractivity contribution in [2.45, 2.75) is 13.0 Å². The van der Waals surface area contributed by atoms with Gasteiger partial charge in [-0.2, -0.15) is 4.98 Å². The molecule has 2 rings (SSSR count). The van der Waals surface area contributed by atoms with Gasteiger partial charge in [-0.15, -0.1) is 5.10 Å². The lowest BCUT2D eigenvalue weighted by Gasteiger charge is -2.05. The van der Waals surface area contributed by atoms with Crippen LogP contribution in [0.4, 0.5) is 5.95 Å². The summed E-state index contributed by atoms with van der Waals surface area (Å²) in [5, 5.41) is 8.74. The summed E-state index contributed by atoms with van der Waals surface area (Å²) in [6.45, 7) is 1.66. The Morgan fingerprint density at radius 2 is 2.15 bits per heavy atom. The molecule has 1 aromatic heterocycles. The summed E-state index contributed by atoms with van der Waals surface area (Å²) in [6.07, 6.45) is 0.724. The monoisotopic (exact) mass is 275 g/mol. The summed E-state index contributed by atoms with van der Waals surface area (Å²) in [7, 11) is 0. The molecular formula is C13H17N5O2. The molecular weight excluding hydrogens is 258 g/mol. The van der Waals surface area contributed by atoms with Crippen molar-refractivity contribution in [3.8, 4) is 0 Å². The molecule has 1 amide bonds. The van der Waals surface area contributed by atoms with Gasteiger partial charge in [0, 0.05) is 13.2 Å². The minimum atomic E-state index is -0.322. The van der Waals surface area contributed by atoms with Crippen LogP contribution in [0, 0.1) is 0 Å². The number of aromatic nitrogens is 3. The van der Waals surface area contributed by atoms with Crippen molar-refractivity contribution in [3.63, 3.8) is 0 Å². The van der Waals surface area contributed by atoms with E-state index in [9.17, 15) is 4.79 Å². The number of carbonyl (C=O) groups excluding carboxylic acids is 1. The van der Waals surface area contributed by atoms with E-state index >= 15 is 0 Å². The number of hydrogen-bond donors (Lipinski definition) is 3. The molecule has 0 fully saturated rings. The Bertz CT molecular complexity index is 541. The maximum Gasteiger partial charge on any atom is 0.288 e. The summed E-state index contributed by atoms with van der Waals surface area (Å²) >= 11 is 0. The molecule has 20 heavy (non-hydrogen) atoms. The number of carbonyl (C=O) groups is 1. The van der Waals surface area contributed by atoms with Crippen molar-refractivity contribution in [1.82, 2.24) is 20.5 Å². The van der Waals surface area contributed by atoms with Gasteiger partial charge in [0.2, 0.25) is 11.8 Å². The van der Waals surface area contributed by atoms with E-state index in [1.807, 2.05) is 30.3 Å². The minimum absolute atomic E-state index is 0.0568. The van der Waals surface area contributed by atoms with Crippen LogP contribution in [0.3, 0.4) is 0 Å². The molecule has 106 valence electrons. The lowest BCUT2D eigenvalue weighted by Crippen LogP contribution is -2.26. The Labute approximate surface area is 116 Å². The molecule has 0 atom stereocenters. The number of H-pyrrole nitrogens is 1. The fraction of sp³-hybridized carbons (Fsp3) is 0.308. The lowest BCUT2D eigenvalue weighted by molar-refractivity contribution is 0.0925. The van der Waals surface area contributed by atoms with Gasteiger partial charge < -0.3 is 15.8 Å². The first-order chi connectivity index (χ1) is 9.75. The van der Waals surface area contributed by atoms with Crippen molar-refractivity contribution in [3.05, 3.63) is 41.7 Å². The fourth-order valence-electron chi connectivity index (χ4n) is 1.60. The predicted octanol–water partition coefficient (Wildman–Crippen LogP) is 0.724. The van der Waals surface area contributed by atoms with E-state index in [2.05, 4.69) is 20.5 Å². The molecule has 2 aromatic rings. The number of rotatable bonds is 7. The average molecular weight is 275 g/mol. The van der Waals surface area contributed by atoms with Crippen molar-refractivity contribution < 1.29 is 9.53 Å². The number of nitrogens with two attached hydrogens (primary N) is 1. The van der Waals surface area contributed by atoms with Crippen LogP contribution >= 0.6 is 0 Å². The van der Waals surface area contributed by atoms with Crippen molar-refractivity contribution in [2.75, 3.05) is 18.9 Å². The molecule has 4 N–H and O–H groups in total. The zero-order chi connectivity index (χ0) is 14.2. The molecule has 0 saturated heterocycles. The van der Waals surface area contributed by atoms with Crippen LogP contribution in [-0.4, -0.2) is 34.2 Å². The maximum absolute atomic E-state index is 11.6. The fourth-order valence-corrected chi connectivity index (χ4v) is 1.60. The quantitative estimate of drug-likeness (QED) is 0.646. The largest absolute Gasteiger partial charge is 0.377 e. The van der Waals surface area contributed by atoms with Crippen LogP contribution in [0.15, 0.2) is 30.3 Å². The Morgan fingerprint density at radius 1 is 1.35 bits per heavy atom. The first-order valence-corrected chi connectivity index (χ1v) is 6.33. The Kier molecular flexibility index (Phi) is 5.08. The SMILES string of the molecule is Nc1n[nH]c(C(=O)NCCCOCc2ccccc2)n1. The summed E-state index contributed by atoms with van der Waals surface area (Å²) < 4.78 is 5.50. The molecule has 0 aliphatic heterocycles. The molecule has 7 nitrogen and oxygen atoms in total. The first kappa shape index (κ1) is 14.0. The number of nitrogen functional groups attached to an aromatic ring is 1. The van der Waals surface area contributed by atoms with Gasteiger partial charge in [-0.1, -0.05) is 30.3 Å². The third-order valence-electron chi connectivity index (χ3n) is 2.58. The van der Waals surface area contributed by atoms with Crippen LogP contribution in [0.25, 0.3) is 0 Å². The third-order valence-corrected chi connectivity index (χ3v) is 2.58. The highest BCUT2D eigenvalue weighted by Gasteiger charge is 2.09. The number of anilines is 1. The summed E-state index contributed by atoms with van der Waals surface area (Å²) in [6, 6.07) is 9.94.